The number of carbonyl (C=O) groups is 3. The molecule has 4 rings (SSSR count). The Kier molecular flexibility index (Phi) is 9.14. The molecule has 0 radical (unpaired) electrons. The van der Waals surface area contributed by atoms with Crippen LogP contribution in [0.3, 0.4) is 0 Å². The van der Waals surface area contributed by atoms with Crippen molar-refractivity contribution in [1.82, 2.24) is 14.5 Å². The average Bonchev–Trinajstić information content (AvgIpc) is 3.15. The molecule has 1 aliphatic heterocycles. The lowest BCUT2D eigenvalue weighted by molar-refractivity contribution is -0.141. The summed E-state index contributed by atoms with van der Waals surface area (Å²) in [6.45, 7) is 2.38. The summed E-state index contributed by atoms with van der Waals surface area (Å²) < 4.78 is 26.8. The number of rotatable bonds is 12. The van der Waals surface area contributed by atoms with Gasteiger partial charge in [0.1, 0.15) is 10.9 Å². The van der Waals surface area contributed by atoms with E-state index < -0.39 is 27.9 Å². The third-order valence-electron chi connectivity index (χ3n) is 6.74. The van der Waals surface area contributed by atoms with Gasteiger partial charge >= 0.3 is 0 Å². The lowest BCUT2D eigenvalue weighted by atomic mass is 10.0. The topological polar surface area (TPSA) is 104 Å². The molecular formula is C30H33N3O5S. The van der Waals surface area contributed by atoms with E-state index in [9.17, 15) is 22.8 Å². The van der Waals surface area contributed by atoms with Crippen molar-refractivity contribution in [3.63, 3.8) is 0 Å². The van der Waals surface area contributed by atoms with Crippen LogP contribution in [0, 0.1) is 0 Å². The summed E-state index contributed by atoms with van der Waals surface area (Å²) >= 11 is 0. The molecule has 1 N–H and O–H groups in total. The molecule has 39 heavy (non-hydrogen) atoms. The molecule has 0 saturated carbocycles. The largest absolute Gasteiger partial charge is 0.354 e. The molecule has 0 spiro atoms. The van der Waals surface area contributed by atoms with Crippen molar-refractivity contribution in [1.29, 1.82) is 0 Å². The van der Waals surface area contributed by atoms with Crippen LogP contribution in [-0.4, -0.2) is 54.5 Å². The molecule has 3 aromatic rings. The maximum absolute atomic E-state index is 13.8. The zero-order valence-electron chi connectivity index (χ0n) is 22.0. The minimum atomic E-state index is -4.04. The van der Waals surface area contributed by atoms with Crippen molar-refractivity contribution in [2.45, 2.75) is 50.1 Å². The minimum absolute atomic E-state index is 0.0548. The summed E-state index contributed by atoms with van der Waals surface area (Å²) in [4.78, 5) is 41.6. The van der Waals surface area contributed by atoms with Crippen LogP contribution in [0.15, 0.2) is 89.8 Å². The Morgan fingerprint density at radius 3 is 2.15 bits per heavy atom. The van der Waals surface area contributed by atoms with Gasteiger partial charge in [-0.1, -0.05) is 86.1 Å². The Morgan fingerprint density at radius 1 is 0.897 bits per heavy atom. The molecule has 0 aliphatic carbocycles. The van der Waals surface area contributed by atoms with Gasteiger partial charge in [0.15, 0.2) is 0 Å². The quantitative estimate of drug-likeness (QED) is 0.348. The highest BCUT2D eigenvalue weighted by molar-refractivity contribution is 7.90. The first-order chi connectivity index (χ1) is 18.8. The number of nitrogens with one attached hydrogen (secondary N) is 1. The van der Waals surface area contributed by atoms with Crippen LogP contribution in [0.4, 0.5) is 0 Å². The van der Waals surface area contributed by atoms with Crippen LogP contribution in [-0.2, 0) is 32.6 Å². The van der Waals surface area contributed by atoms with Crippen molar-refractivity contribution >= 4 is 27.7 Å². The van der Waals surface area contributed by atoms with Crippen molar-refractivity contribution in [3.8, 4) is 0 Å². The molecule has 204 valence electrons. The predicted octanol–water partition coefficient (Wildman–Crippen LogP) is 3.78. The van der Waals surface area contributed by atoms with Gasteiger partial charge in [-0.3, -0.25) is 14.4 Å². The van der Waals surface area contributed by atoms with E-state index >= 15 is 0 Å². The van der Waals surface area contributed by atoms with Crippen molar-refractivity contribution in [2.75, 3.05) is 13.1 Å². The predicted molar refractivity (Wildman–Crippen MR) is 148 cm³/mol. The van der Waals surface area contributed by atoms with Gasteiger partial charge in [-0.2, -0.15) is 0 Å². The lowest BCUT2D eigenvalue weighted by Gasteiger charge is -2.32. The molecule has 9 heteroatoms. The summed E-state index contributed by atoms with van der Waals surface area (Å²) in [6, 6.07) is 24.0. The fraction of sp³-hybridized carbons (Fsp3) is 0.300. The highest BCUT2D eigenvalue weighted by Gasteiger charge is 2.41. The number of hydrogen-bond donors (Lipinski definition) is 1. The van der Waals surface area contributed by atoms with Crippen molar-refractivity contribution < 1.29 is 22.8 Å². The Hall–Kier alpha value is -3.98. The second-order valence-corrected chi connectivity index (χ2v) is 11.3. The number of carbonyl (C=O) groups excluding carboxylic acids is 3. The molecular weight excluding hydrogens is 514 g/mol. The van der Waals surface area contributed by atoms with E-state index in [-0.39, 0.29) is 35.9 Å². The van der Waals surface area contributed by atoms with E-state index in [1.54, 1.807) is 12.1 Å². The SMILES string of the molecule is CCCCNC(=O)[C@H](Cc1ccccc1)N(Cc1ccccc1)C(=O)CCN1C(=O)c2ccccc2S1(=O)=O. The Morgan fingerprint density at radius 2 is 1.51 bits per heavy atom. The number of fused-ring (bicyclic) bond motifs is 1. The van der Waals surface area contributed by atoms with Crippen molar-refractivity contribution in [2.24, 2.45) is 0 Å². The van der Waals surface area contributed by atoms with Gasteiger partial charge in [-0.05, 0) is 29.7 Å². The summed E-state index contributed by atoms with van der Waals surface area (Å²) in [6.07, 6.45) is 1.77. The molecule has 1 heterocycles. The Labute approximate surface area is 229 Å². The third kappa shape index (κ3) is 6.54. The van der Waals surface area contributed by atoms with Crippen molar-refractivity contribution in [3.05, 3.63) is 102 Å². The number of nitrogens with zero attached hydrogens (tertiary/aromatic N) is 2. The van der Waals surface area contributed by atoms with Gasteiger partial charge in [0.25, 0.3) is 15.9 Å². The second-order valence-electron chi connectivity index (χ2n) is 9.49. The first-order valence-electron chi connectivity index (χ1n) is 13.1. The van der Waals surface area contributed by atoms with Crippen LogP contribution in [0.5, 0.6) is 0 Å². The van der Waals surface area contributed by atoms with Crippen LogP contribution in [0.1, 0.15) is 47.7 Å². The average molecular weight is 548 g/mol. The van der Waals surface area contributed by atoms with E-state index in [2.05, 4.69) is 5.32 Å². The molecule has 1 atom stereocenters. The normalized spacial score (nSPS) is 14.5. The highest BCUT2D eigenvalue weighted by atomic mass is 32.2. The van der Waals surface area contributed by atoms with E-state index in [4.69, 9.17) is 0 Å². The molecule has 0 fully saturated rings. The smallest absolute Gasteiger partial charge is 0.269 e. The van der Waals surface area contributed by atoms with Gasteiger partial charge in [-0.15, -0.1) is 0 Å². The fourth-order valence-electron chi connectivity index (χ4n) is 4.63. The van der Waals surface area contributed by atoms with Crippen LogP contribution >= 0.6 is 0 Å². The van der Waals surface area contributed by atoms with Gasteiger partial charge < -0.3 is 10.2 Å². The molecule has 0 saturated heterocycles. The van der Waals surface area contributed by atoms with Gasteiger partial charge in [-0.25, -0.2) is 12.7 Å². The van der Waals surface area contributed by atoms with E-state index in [0.717, 1.165) is 28.3 Å². The number of benzene rings is 3. The summed E-state index contributed by atoms with van der Waals surface area (Å²) in [5.74, 6) is -1.33. The molecule has 3 amide bonds. The van der Waals surface area contributed by atoms with E-state index in [1.165, 1.54) is 17.0 Å². The zero-order valence-corrected chi connectivity index (χ0v) is 22.8. The monoisotopic (exact) mass is 547 g/mol. The van der Waals surface area contributed by atoms with Gasteiger partial charge in [0.2, 0.25) is 11.8 Å². The van der Waals surface area contributed by atoms with E-state index in [0.29, 0.717) is 13.0 Å². The van der Waals surface area contributed by atoms with Crippen LogP contribution in [0.2, 0.25) is 0 Å². The summed E-state index contributed by atoms with van der Waals surface area (Å²) in [7, 11) is -4.04. The van der Waals surface area contributed by atoms with E-state index in [1.807, 2.05) is 67.6 Å². The first-order valence-corrected chi connectivity index (χ1v) is 14.6. The lowest BCUT2D eigenvalue weighted by Crippen LogP contribution is -2.51. The van der Waals surface area contributed by atoms with Gasteiger partial charge in [0.05, 0.1) is 5.56 Å². The number of unbranched alkanes of at least 4 members (excludes halogenated alkanes) is 1. The Bertz CT molecular complexity index is 1410. The minimum Gasteiger partial charge on any atom is -0.354 e. The first kappa shape index (κ1) is 28.0. The highest BCUT2D eigenvalue weighted by Crippen LogP contribution is 2.30. The fourth-order valence-corrected chi connectivity index (χ4v) is 6.20. The molecule has 0 aromatic heterocycles. The maximum atomic E-state index is 13.8. The Balaban J connectivity index is 1.60. The molecule has 8 nitrogen and oxygen atoms in total. The number of amides is 3. The molecule has 0 unspecified atom stereocenters. The second kappa shape index (κ2) is 12.7. The third-order valence-corrected chi connectivity index (χ3v) is 8.58. The maximum Gasteiger partial charge on any atom is 0.269 e. The zero-order chi connectivity index (χ0) is 27.8. The van der Waals surface area contributed by atoms with Crippen LogP contribution < -0.4 is 5.32 Å². The van der Waals surface area contributed by atoms with Gasteiger partial charge in [0, 0.05) is 32.5 Å². The summed E-state index contributed by atoms with van der Waals surface area (Å²) in [5.41, 5.74) is 1.83. The van der Waals surface area contributed by atoms with Crippen LogP contribution in [0.25, 0.3) is 0 Å². The number of sulfonamides is 1. The standard InChI is InChI=1S/C30H33N3O5S/c1-2-3-19-31-29(35)26(21-23-12-6-4-7-13-23)32(22-24-14-8-5-9-15-24)28(34)18-20-33-30(36)25-16-10-11-17-27(25)39(33,37)38/h4-17,26H,2-3,18-22H2,1H3,(H,31,35)/t26-/m0/s1. The number of hydrogen-bond acceptors (Lipinski definition) is 5. The summed E-state index contributed by atoms with van der Waals surface area (Å²) in [5, 5.41) is 2.96. The molecule has 1 aliphatic rings. The molecule has 0 bridgehead atoms. The molecule has 3 aromatic carbocycles.